The fraction of sp³-hybridized carbons (Fsp3) is 0. The topological polar surface area (TPSA) is 74.8 Å². The van der Waals surface area contributed by atoms with E-state index in [9.17, 15) is 8.42 Å². The molecular formula is C13H11N3O2S. The third-order valence-corrected chi connectivity index (χ3v) is 3.32. The van der Waals surface area contributed by atoms with Crippen LogP contribution in [-0.2, 0) is 10.9 Å². The Morgan fingerprint density at radius 3 is 2.47 bits per heavy atom. The smallest absolute Gasteiger partial charge is 0.222 e. The van der Waals surface area contributed by atoms with E-state index in [4.69, 9.17) is 0 Å². The number of H-pyrrole nitrogens is 1. The summed E-state index contributed by atoms with van der Waals surface area (Å²) >= 11 is 0. The lowest BCUT2D eigenvalue weighted by atomic mass is 10.0. The van der Waals surface area contributed by atoms with Gasteiger partial charge in [0.1, 0.15) is 0 Å². The van der Waals surface area contributed by atoms with Crippen LogP contribution in [0.4, 0.5) is 5.69 Å². The second kappa shape index (κ2) is 4.74. The number of benzene rings is 2. The van der Waals surface area contributed by atoms with Crippen molar-refractivity contribution >= 4 is 27.5 Å². The summed E-state index contributed by atoms with van der Waals surface area (Å²) in [5.41, 5.74) is 3.60. The highest BCUT2D eigenvalue weighted by Crippen LogP contribution is 2.24. The standard InChI is InChI=1S/C13H11N3O2S/c17-19(18)16-12-5-3-9(4-6-12)10-1-2-11-8-14-15-13(11)7-10/h1-8,19H,(H,14,15)(H,16,17,18). The van der Waals surface area contributed by atoms with Gasteiger partial charge in [-0.15, -0.1) is 0 Å². The van der Waals surface area contributed by atoms with E-state index in [0.717, 1.165) is 22.0 Å². The zero-order valence-electron chi connectivity index (χ0n) is 9.83. The van der Waals surface area contributed by atoms with Gasteiger partial charge in [0.15, 0.2) is 0 Å². The Hall–Kier alpha value is -2.34. The van der Waals surface area contributed by atoms with Crippen LogP contribution >= 0.6 is 0 Å². The Morgan fingerprint density at radius 1 is 1.00 bits per heavy atom. The Labute approximate surface area is 111 Å². The van der Waals surface area contributed by atoms with Gasteiger partial charge >= 0.3 is 0 Å². The van der Waals surface area contributed by atoms with Crippen molar-refractivity contribution in [1.29, 1.82) is 0 Å². The van der Waals surface area contributed by atoms with Crippen molar-refractivity contribution in [3.8, 4) is 11.1 Å². The largest absolute Gasteiger partial charge is 0.286 e. The third-order valence-electron chi connectivity index (χ3n) is 2.88. The van der Waals surface area contributed by atoms with Crippen molar-refractivity contribution < 1.29 is 8.42 Å². The van der Waals surface area contributed by atoms with Crippen LogP contribution in [-0.4, -0.2) is 18.6 Å². The molecule has 0 saturated carbocycles. The molecule has 1 aromatic heterocycles. The van der Waals surface area contributed by atoms with E-state index in [1.807, 2.05) is 30.3 Å². The summed E-state index contributed by atoms with van der Waals surface area (Å²) in [6.07, 6.45) is 1.77. The number of thiol groups is 1. The van der Waals surface area contributed by atoms with Gasteiger partial charge in [0, 0.05) is 11.1 Å². The summed E-state index contributed by atoms with van der Waals surface area (Å²) in [7, 11) is -2.62. The molecule has 0 bridgehead atoms. The Balaban J connectivity index is 1.96. The molecule has 0 spiro atoms. The molecule has 3 rings (SSSR count). The minimum absolute atomic E-state index is 0.558. The Morgan fingerprint density at radius 2 is 1.74 bits per heavy atom. The molecule has 2 N–H and O–H groups in total. The maximum atomic E-state index is 10.6. The van der Waals surface area contributed by atoms with Gasteiger partial charge in [-0.3, -0.25) is 9.82 Å². The molecular weight excluding hydrogens is 262 g/mol. The van der Waals surface area contributed by atoms with Gasteiger partial charge in [0.2, 0.25) is 10.9 Å². The first-order chi connectivity index (χ1) is 9.22. The highest BCUT2D eigenvalue weighted by molar-refractivity contribution is 7.73. The summed E-state index contributed by atoms with van der Waals surface area (Å²) in [5, 5.41) is 7.97. The molecule has 0 aliphatic rings. The second-order valence-corrected chi connectivity index (χ2v) is 4.86. The molecule has 0 aliphatic carbocycles. The number of anilines is 1. The van der Waals surface area contributed by atoms with Gasteiger partial charge in [-0.2, -0.15) is 5.10 Å². The van der Waals surface area contributed by atoms with E-state index in [1.165, 1.54) is 0 Å². The average molecular weight is 273 g/mol. The van der Waals surface area contributed by atoms with Crippen LogP contribution in [0.1, 0.15) is 0 Å². The zero-order chi connectivity index (χ0) is 13.2. The van der Waals surface area contributed by atoms with Crippen LogP contribution in [0.5, 0.6) is 0 Å². The lowest BCUT2D eigenvalue weighted by Crippen LogP contribution is -1.94. The molecule has 0 fully saturated rings. The monoisotopic (exact) mass is 273 g/mol. The number of hydrogen-bond donors (Lipinski definition) is 3. The summed E-state index contributed by atoms with van der Waals surface area (Å²) < 4.78 is 23.5. The van der Waals surface area contributed by atoms with Crippen molar-refractivity contribution in [1.82, 2.24) is 10.2 Å². The van der Waals surface area contributed by atoms with Crippen LogP contribution in [0.3, 0.4) is 0 Å². The van der Waals surface area contributed by atoms with Crippen molar-refractivity contribution in [2.45, 2.75) is 0 Å². The van der Waals surface area contributed by atoms with Gasteiger partial charge in [0.25, 0.3) is 0 Å². The van der Waals surface area contributed by atoms with Crippen LogP contribution in [0.25, 0.3) is 22.0 Å². The second-order valence-electron chi connectivity index (χ2n) is 4.12. The van der Waals surface area contributed by atoms with Gasteiger partial charge < -0.3 is 0 Å². The van der Waals surface area contributed by atoms with Crippen molar-refractivity contribution in [3.05, 3.63) is 48.7 Å². The maximum Gasteiger partial charge on any atom is 0.222 e. The number of nitrogens with zero attached hydrogens (tertiary/aromatic N) is 1. The summed E-state index contributed by atoms with van der Waals surface area (Å²) in [5.74, 6) is 0. The molecule has 1 heterocycles. The van der Waals surface area contributed by atoms with Gasteiger partial charge in [0.05, 0.1) is 11.7 Å². The normalized spacial score (nSPS) is 11.0. The van der Waals surface area contributed by atoms with E-state index in [-0.39, 0.29) is 0 Å². The van der Waals surface area contributed by atoms with Gasteiger partial charge in [-0.05, 0) is 29.3 Å². The number of aromatic amines is 1. The number of rotatable bonds is 3. The average Bonchev–Trinajstić information content (AvgIpc) is 2.86. The molecule has 6 heteroatoms. The van der Waals surface area contributed by atoms with Crippen LogP contribution in [0.2, 0.25) is 0 Å². The number of nitrogens with one attached hydrogen (secondary N) is 2. The fourth-order valence-electron chi connectivity index (χ4n) is 1.96. The van der Waals surface area contributed by atoms with Crippen LogP contribution in [0, 0.1) is 0 Å². The van der Waals surface area contributed by atoms with Gasteiger partial charge in [-0.1, -0.05) is 24.3 Å². The first-order valence-electron chi connectivity index (χ1n) is 5.67. The van der Waals surface area contributed by atoms with E-state index in [1.54, 1.807) is 18.3 Å². The number of hydrogen-bond acceptors (Lipinski definition) is 3. The molecule has 5 nitrogen and oxygen atoms in total. The molecule has 96 valence electrons. The highest BCUT2D eigenvalue weighted by Gasteiger charge is 2.01. The quantitative estimate of drug-likeness (QED) is 0.640. The first-order valence-corrected chi connectivity index (χ1v) is 6.85. The van der Waals surface area contributed by atoms with Crippen molar-refractivity contribution in [2.24, 2.45) is 0 Å². The number of aromatic nitrogens is 2. The van der Waals surface area contributed by atoms with E-state index in [2.05, 4.69) is 14.9 Å². The molecule has 0 unspecified atom stereocenters. The third kappa shape index (κ3) is 2.43. The molecule has 0 aliphatic heterocycles. The van der Waals surface area contributed by atoms with E-state index >= 15 is 0 Å². The van der Waals surface area contributed by atoms with Crippen molar-refractivity contribution in [3.63, 3.8) is 0 Å². The van der Waals surface area contributed by atoms with Crippen LogP contribution in [0.15, 0.2) is 48.7 Å². The first kappa shape index (κ1) is 11.7. The lowest BCUT2D eigenvalue weighted by Gasteiger charge is -2.03. The maximum absolute atomic E-state index is 10.6. The van der Waals surface area contributed by atoms with E-state index < -0.39 is 10.9 Å². The Kier molecular flexibility index (Phi) is 2.92. The molecule has 19 heavy (non-hydrogen) atoms. The van der Waals surface area contributed by atoms with Gasteiger partial charge in [-0.25, -0.2) is 8.42 Å². The minimum atomic E-state index is -2.62. The van der Waals surface area contributed by atoms with Crippen molar-refractivity contribution in [2.75, 3.05) is 4.72 Å². The SMILES string of the molecule is O=[SH](=O)Nc1ccc(-c2ccc3cn[nH]c3c2)cc1. The molecule has 0 atom stereocenters. The number of fused-ring (bicyclic) bond motifs is 1. The minimum Gasteiger partial charge on any atom is -0.286 e. The molecule has 3 aromatic rings. The fourth-order valence-corrected chi connectivity index (χ4v) is 2.32. The lowest BCUT2D eigenvalue weighted by molar-refractivity contribution is 0.619. The molecule has 2 aromatic carbocycles. The van der Waals surface area contributed by atoms with Crippen LogP contribution < -0.4 is 4.72 Å². The summed E-state index contributed by atoms with van der Waals surface area (Å²) in [6, 6.07) is 13.2. The molecule has 0 amide bonds. The molecule has 0 radical (unpaired) electrons. The predicted molar refractivity (Wildman–Crippen MR) is 75.5 cm³/mol. The zero-order valence-corrected chi connectivity index (χ0v) is 10.7. The van der Waals surface area contributed by atoms with E-state index in [0.29, 0.717) is 5.69 Å². The highest BCUT2D eigenvalue weighted by atomic mass is 32.2. The Bertz CT molecular complexity index is 783. The summed E-state index contributed by atoms with van der Waals surface area (Å²) in [4.78, 5) is 0. The molecule has 0 saturated heterocycles. The predicted octanol–water partition coefficient (Wildman–Crippen LogP) is 2.17. The summed E-state index contributed by atoms with van der Waals surface area (Å²) in [6.45, 7) is 0.